The van der Waals surface area contributed by atoms with Gasteiger partial charge in [0.1, 0.15) is 9.93 Å². The largest absolute Gasteiger partial charge is 0.334 e. The average molecular weight is 498 g/mol. The lowest BCUT2D eigenvalue weighted by Crippen LogP contribution is -2.41. The Morgan fingerprint density at radius 1 is 1.09 bits per heavy atom. The maximum absolute atomic E-state index is 13.9. The Hall–Kier alpha value is -1.89. The summed E-state index contributed by atoms with van der Waals surface area (Å²) in [4.78, 5) is 25.2. The summed E-state index contributed by atoms with van der Waals surface area (Å²) in [5, 5.41) is 2.56. The quantitative estimate of drug-likeness (QED) is 0.410. The summed E-state index contributed by atoms with van der Waals surface area (Å²) in [6.45, 7) is 5.01. The van der Waals surface area contributed by atoms with Crippen LogP contribution in [0.15, 0.2) is 68.4 Å². The molecular formula is C26H28ClN3OS2. The molecule has 0 aromatic heterocycles. The summed E-state index contributed by atoms with van der Waals surface area (Å²) in [6, 6.07) is 16.5. The molecule has 2 fully saturated rings. The number of anilines is 1. The third kappa shape index (κ3) is 4.45. The van der Waals surface area contributed by atoms with Crippen molar-refractivity contribution in [2.45, 2.75) is 62.9 Å². The van der Waals surface area contributed by atoms with Crippen LogP contribution in [-0.2, 0) is 4.79 Å². The number of hydrogen-bond acceptors (Lipinski definition) is 5. The van der Waals surface area contributed by atoms with E-state index in [0.29, 0.717) is 5.02 Å². The van der Waals surface area contributed by atoms with Crippen molar-refractivity contribution in [3.63, 3.8) is 0 Å². The number of nitrogens with zero attached hydrogens (tertiary/aromatic N) is 3. The van der Waals surface area contributed by atoms with Gasteiger partial charge in [0.05, 0.1) is 11.7 Å². The highest BCUT2D eigenvalue weighted by molar-refractivity contribution is 8.19. The zero-order valence-electron chi connectivity index (χ0n) is 19.0. The van der Waals surface area contributed by atoms with Crippen LogP contribution < -0.4 is 4.90 Å². The fourth-order valence-corrected chi connectivity index (χ4v) is 7.44. The lowest BCUT2D eigenvalue weighted by molar-refractivity contribution is -0.124. The Morgan fingerprint density at radius 3 is 2.58 bits per heavy atom. The zero-order chi connectivity index (χ0) is 22.9. The number of halogens is 1. The predicted octanol–water partition coefficient (Wildman–Crippen LogP) is 7.47. The summed E-state index contributed by atoms with van der Waals surface area (Å²) in [7, 11) is 0. The maximum atomic E-state index is 13.9. The van der Waals surface area contributed by atoms with Crippen molar-refractivity contribution in [1.29, 1.82) is 0 Å². The lowest BCUT2D eigenvalue weighted by Gasteiger charge is -2.30. The molecule has 4 nitrogen and oxygen atoms in total. The molecule has 1 amide bonds. The van der Waals surface area contributed by atoms with Gasteiger partial charge >= 0.3 is 0 Å². The fraction of sp³-hybridized carbons (Fsp3) is 0.385. The van der Waals surface area contributed by atoms with Crippen LogP contribution in [0.2, 0.25) is 5.02 Å². The summed E-state index contributed by atoms with van der Waals surface area (Å²) < 4.78 is 0. The summed E-state index contributed by atoms with van der Waals surface area (Å²) in [5.74, 6) is 0.103. The molecule has 2 aromatic rings. The van der Waals surface area contributed by atoms with Crippen molar-refractivity contribution in [3.8, 4) is 0 Å². The highest BCUT2D eigenvalue weighted by Gasteiger charge is 2.43. The van der Waals surface area contributed by atoms with E-state index in [1.165, 1.54) is 19.3 Å². The van der Waals surface area contributed by atoms with Gasteiger partial charge in [-0.05, 0) is 62.2 Å². The Labute approximate surface area is 209 Å². The van der Waals surface area contributed by atoms with Crippen molar-refractivity contribution >= 4 is 51.9 Å². The smallest absolute Gasteiger partial charge is 0.269 e. The number of aliphatic imine (C=N–C) groups is 1. The number of carbonyl (C=O) groups is 1. The molecule has 5 rings (SSSR count). The van der Waals surface area contributed by atoms with Crippen molar-refractivity contribution < 1.29 is 4.79 Å². The highest BCUT2D eigenvalue weighted by atomic mass is 35.5. The van der Waals surface area contributed by atoms with Crippen LogP contribution in [0.3, 0.4) is 0 Å². The third-order valence-corrected chi connectivity index (χ3v) is 9.12. The second-order valence-electron chi connectivity index (χ2n) is 8.66. The molecule has 1 saturated carbocycles. The van der Waals surface area contributed by atoms with Gasteiger partial charge in [0.25, 0.3) is 5.91 Å². The molecule has 0 N–H and O–H groups in total. The molecule has 1 aliphatic carbocycles. The fourth-order valence-electron chi connectivity index (χ4n) is 4.78. The van der Waals surface area contributed by atoms with Gasteiger partial charge in [-0.3, -0.25) is 14.7 Å². The van der Waals surface area contributed by atoms with Gasteiger partial charge in [-0.1, -0.05) is 73.0 Å². The monoisotopic (exact) mass is 497 g/mol. The van der Waals surface area contributed by atoms with E-state index < -0.39 is 0 Å². The number of amides is 1. The number of benzene rings is 2. The normalized spacial score (nSPS) is 23.5. The first-order valence-electron chi connectivity index (χ1n) is 11.7. The second-order valence-corrected chi connectivity index (χ2v) is 11.1. The minimum Gasteiger partial charge on any atom is -0.334 e. The average Bonchev–Trinajstić information content (AvgIpc) is 3.36. The van der Waals surface area contributed by atoms with E-state index in [0.717, 1.165) is 50.6 Å². The number of thioether (sulfide) groups is 2. The first-order chi connectivity index (χ1) is 16.1. The van der Waals surface area contributed by atoms with Gasteiger partial charge in [0, 0.05) is 22.5 Å². The molecule has 0 unspecified atom stereocenters. The van der Waals surface area contributed by atoms with Crippen LogP contribution in [0.4, 0.5) is 5.69 Å². The summed E-state index contributed by atoms with van der Waals surface area (Å²) in [6.07, 6.45) is 5.70. The Morgan fingerprint density at radius 2 is 1.85 bits per heavy atom. The van der Waals surface area contributed by atoms with E-state index in [2.05, 4.69) is 30.9 Å². The molecule has 2 aromatic carbocycles. The van der Waals surface area contributed by atoms with Gasteiger partial charge in [-0.25, -0.2) is 0 Å². The van der Waals surface area contributed by atoms with Crippen molar-refractivity contribution in [2.24, 2.45) is 4.99 Å². The number of rotatable bonds is 4. The first-order valence-corrected chi connectivity index (χ1v) is 13.7. The molecule has 2 aliphatic heterocycles. The maximum Gasteiger partial charge on any atom is 0.269 e. The van der Waals surface area contributed by atoms with Crippen LogP contribution >= 0.6 is 35.1 Å². The van der Waals surface area contributed by atoms with E-state index in [1.807, 2.05) is 41.3 Å². The topological polar surface area (TPSA) is 35.9 Å². The number of amidine groups is 1. The molecule has 7 heteroatoms. The molecule has 2 heterocycles. The van der Waals surface area contributed by atoms with Gasteiger partial charge in [0.15, 0.2) is 5.17 Å². The molecule has 172 valence electrons. The Bertz CT molecular complexity index is 1110. The Balaban J connectivity index is 1.54. The van der Waals surface area contributed by atoms with Gasteiger partial charge < -0.3 is 4.90 Å². The van der Waals surface area contributed by atoms with E-state index >= 15 is 0 Å². The van der Waals surface area contributed by atoms with Gasteiger partial charge in [-0.2, -0.15) is 0 Å². The standard InChI is InChI=1S/C26H28ClN3OS2/c1-3-29-21-16-19(27)14-15-22(21)32-25(29)23-24(31)30(20-12-8-5-9-13-20)26(33-23)28-17(2)18-10-6-4-7-11-18/h4,6-7,10-11,14-17,20H,3,5,8-9,12-13H2,1-2H3/b25-23-,28-26?/t17-/m1/s1. The molecule has 1 saturated heterocycles. The highest BCUT2D eigenvalue weighted by Crippen LogP contribution is 2.52. The van der Waals surface area contributed by atoms with Crippen LogP contribution in [0.25, 0.3) is 0 Å². The molecule has 0 radical (unpaired) electrons. The van der Waals surface area contributed by atoms with E-state index in [1.54, 1.807) is 23.5 Å². The van der Waals surface area contributed by atoms with Crippen molar-refractivity contribution in [1.82, 2.24) is 4.90 Å². The van der Waals surface area contributed by atoms with Crippen molar-refractivity contribution in [2.75, 3.05) is 11.4 Å². The number of fused-ring (bicyclic) bond motifs is 1. The van der Waals surface area contributed by atoms with E-state index in [-0.39, 0.29) is 18.0 Å². The van der Waals surface area contributed by atoms with E-state index in [9.17, 15) is 4.79 Å². The van der Waals surface area contributed by atoms with Gasteiger partial charge in [-0.15, -0.1) is 0 Å². The van der Waals surface area contributed by atoms with Crippen LogP contribution in [0.1, 0.15) is 57.6 Å². The molecular weight excluding hydrogens is 470 g/mol. The van der Waals surface area contributed by atoms with E-state index in [4.69, 9.17) is 16.6 Å². The predicted molar refractivity (Wildman–Crippen MR) is 141 cm³/mol. The Kier molecular flexibility index (Phi) is 6.77. The minimum atomic E-state index is -0.00791. The van der Waals surface area contributed by atoms with Crippen molar-refractivity contribution in [3.05, 3.63) is 69.1 Å². The van der Waals surface area contributed by atoms with Crippen LogP contribution in [0, 0.1) is 0 Å². The number of hydrogen-bond donors (Lipinski definition) is 0. The summed E-state index contributed by atoms with van der Waals surface area (Å²) >= 11 is 9.51. The zero-order valence-corrected chi connectivity index (χ0v) is 21.3. The third-order valence-electron chi connectivity index (χ3n) is 6.51. The first kappa shape index (κ1) is 22.9. The SMILES string of the molecule is CCN1/C(=C2/SC(=N[C@H](C)c3ccccc3)N(C3CCCCC3)C2=O)Sc2ccc(Cl)cc21. The molecule has 0 bridgehead atoms. The molecule has 3 aliphatic rings. The second kappa shape index (κ2) is 9.77. The minimum absolute atomic E-state index is 0.00791. The summed E-state index contributed by atoms with van der Waals surface area (Å²) in [5.41, 5.74) is 2.24. The number of carbonyl (C=O) groups excluding carboxylic acids is 1. The molecule has 1 atom stereocenters. The van der Waals surface area contributed by atoms with Gasteiger partial charge in [0.2, 0.25) is 0 Å². The molecule has 33 heavy (non-hydrogen) atoms. The van der Waals surface area contributed by atoms with Crippen LogP contribution in [0.5, 0.6) is 0 Å². The van der Waals surface area contributed by atoms with Crippen LogP contribution in [-0.4, -0.2) is 28.6 Å². The molecule has 0 spiro atoms. The lowest BCUT2D eigenvalue weighted by atomic mass is 9.94.